The second kappa shape index (κ2) is 7.41. The number of β-amino-alcohol motifs (C(OH)–C–C–N with tert-alkyl or cyclic N) is 1. The van der Waals surface area contributed by atoms with Crippen LogP contribution in [0.3, 0.4) is 0 Å². The molecule has 7 heteroatoms. The van der Waals surface area contributed by atoms with Gasteiger partial charge in [0.2, 0.25) is 0 Å². The SMILES string of the molecule is CC(C)(C)OC(=O)N1C[C@](O)(COCc2ccccc2)C[C@H]1C(=O)O. The van der Waals surface area contributed by atoms with Gasteiger partial charge in [0, 0.05) is 6.42 Å². The van der Waals surface area contributed by atoms with Crippen molar-refractivity contribution in [3.05, 3.63) is 35.9 Å². The van der Waals surface area contributed by atoms with Crippen molar-refractivity contribution in [1.82, 2.24) is 4.90 Å². The number of aliphatic carboxylic acids is 1. The van der Waals surface area contributed by atoms with Gasteiger partial charge in [0.1, 0.15) is 17.2 Å². The van der Waals surface area contributed by atoms with Crippen molar-refractivity contribution in [3.63, 3.8) is 0 Å². The highest BCUT2D eigenvalue weighted by Gasteiger charge is 2.49. The molecule has 138 valence electrons. The maximum Gasteiger partial charge on any atom is 0.411 e. The first-order valence-corrected chi connectivity index (χ1v) is 8.16. The lowest BCUT2D eigenvalue weighted by molar-refractivity contribution is -0.142. The molecule has 2 atom stereocenters. The lowest BCUT2D eigenvalue weighted by Crippen LogP contribution is -2.44. The number of carboxylic acid groups (broad SMARTS) is 1. The molecule has 1 saturated heterocycles. The Labute approximate surface area is 147 Å². The highest BCUT2D eigenvalue weighted by molar-refractivity contribution is 5.81. The third kappa shape index (κ3) is 5.44. The second-order valence-electron chi connectivity index (χ2n) is 7.37. The number of hydrogen-bond donors (Lipinski definition) is 2. The van der Waals surface area contributed by atoms with E-state index in [0.717, 1.165) is 10.5 Å². The quantitative estimate of drug-likeness (QED) is 0.843. The summed E-state index contributed by atoms with van der Waals surface area (Å²) >= 11 is 0. The van der Waals surface area contributed by atoms with Crippen LogP contribution in [0.4, 0.5) is 4.79 Å². The normalized spacial score (nSPS) is 23.5. The average Bonchev–Trinajstić information content (AvgIpc) is 2.85. The maximum atomic E-state index is 12.2. The highest BCUT2D eigenvalue weighted by Crippen LogP contribution is 2.29. The van der Waals surface area contributed by atoms with E-state index in [1.54, 1.807) is 20.8 Å². The van der Waals surface area contributed by atoms with Crippen LogP contribution in [0.1, 0.15) is 32.8 Å². The Morgan fingerprint density at radius 2 is 1.92 bits per heavy atom. The number of hydrogen-bond acceptors (Lipinski definition) is 5. The van der Waals surface area contributed by atoms with E-state index in [4.69, 9.17) is 9.47 Å². The lowest BCUT2D eigenvalue weighted by atomic mass is 10.0. The van der Waals surface area contributed by atoms with Crippen molar-refractivity contribution in [2.75, 3.05) is 13.2 Å². The number of amides is 1. The van der Waals surface area contributed by atoms with Crippen LogP contribution in [0.5, 0.6) is 0 Å². The molecule has 1 amide bonds. The number of carbonyl (C=O) groups excluding carboxylic acids is 1. The standard InChI is InChI=1S/C18H25NO6/c1-17(2,3)25-16(22)19-11-18(23,9-14(19)15(20)21)12-24-10-13-7-5-4-6-8-13/h4-8,14,23H,9-12H2,1-3H3,(H,20,21)/t14-,18-/m0/s1. The van der Waals surface area contributed by atoms with Gasteiger partial charge in [-0.25, -0.2) is 9.59 Å². The van der Waals surface area contributed by atoms with Crippen LogP contribution in [0.2, 0.25) is 0 Å². The summed E-state index contributed by atoms with van der Waals surface area (Å²) in [5, 5.41) is 20.0. The van der Waals surface area contributed by atoms with E-state index in [0.29, 0.717) is 6.61 Å². The molecule has 1 aromatic rings. The zero-order valence-corrected chi connectivity index (χ0v) is 14.8. The zero-order valence-electron chi connectivity index (χ0n) is 14.8. The largest absolute Gasteiger partial charge is 0.480 e. The Morgan fingerprint density at radius 3 is 2.48 bits per heavy atom. The van der Waals surface area contributed by atoms with Gasteiger partial charge < -0.3 is 19.7 Å². The number of carboxylic acids is 1. The van der Waals surface area contributed by atoms with Crippen molar-refractivity contribution < 1.29 is 29.3 Å². The van der Waals surface area contributed by atoms with Gasteiger partial charge in [-0.15, -0.1) is 0 Å². The van der Waals surface area contributed by atoms with Gasteiger partial charge in [-0.3, -0.25) is 4.90 Å². The minimum atomic E-state index is -1.42. The Bertz CT molecular complexity index is 612. The number of aliphatic hydroxyl groups is 1. The van der Waals surface area contributed by atoms with E-state index in [9.17, 15) is 19.8 Å². The van der Waals surface area contributed by atoms with E-state index < -0.39 is 29.3 Å². The van der Waals surface area contributed by atoms with Gasteiger partial charge in [0.15, 0.2) is 0 Å². The number of carbonyl (C=O) groups is 2. The Hall–Kier alpha value is -2.12. The van der Waals surface area contributed by atoms with Crippen molar-refractivity contribution >= 4 is 12.1 Å². The Balaban J connectivity index is 1.99. The van der Waals surface area contributed by atoms with Gasteiger partial charge in [0.05, 0.1) is 19.8 Å². The average molecular weight is 351 g/mol. The van der Waals surface area contributed by atoms with Gasteiger partial charge in [-0.1, -0.05) is 30.3 Å². The molecular weight excluding hydrogens is 326 g/mol. The third-order valence-corrected chi connectivity index (χ3v) is 3.81. The minimum absolute atomic E-state index is 0.0645. The molecule has 1 aliphatic heterocycles. The fourth-order valence-corrected chi connectivity index (χ4v) is 2.73. The van der Waals surface area contributed by atoms with Crippen LogP contribution in [-0.4, -0.2) is 57.6 Å². The summed E-state index contributed by atoms with van der Waals surface area (Å²) < 4.78 is 10.8. The molecule has 0 saturated carbocycles. The molecule has 25 heavy (non-hydrogen) atoms. The van der Waals surface area contributed by atoms with Gasteiger partial charge >= 0.3 is 12.1 Å². The van der Waals surface area contributed by atoms with E-state index in [1.165, 1.54) is 0 Å². The third-order valence-electron chi connectivity index (χ3n) is 3.81. The Morgan fingerprint density at radius 1 is 1.28 bits per heavy atom. The summed E-state index contributed by atoms with van der Waals surface area (Å²) in [5.41, 5.74) is -1.22. The van der Waals surface area contributed by atoms with E-state index >= 15 is 0 Å². The number of benzene rings is 1. The molecule has 1 aliphatic rings. The van der Waals surface area contributed by atoms with E-state index in [-0.39, 0.29) is 19.6 Å². The molecule has 7 nitrogen and oxygen atoms in total. The second-order valence-corrected chi connectivity index (χ2v) is 7.37. The molecule has 1 heterocycles. The number of rotatable bonds is 5. The lowest BCUT2D eigenvalue weighted by Gasteiger charge is -2.27. The summed E-state index contributed by atoms with van der Waals surface area (Å²) in [6, 6.07) is 8.31. The maximum absolute atomic E-state index is 12.2. The van der Waals surface area contributed by atoms with Crippen LogP contribution < -0.4 is 0 Å². The van der Waals surface area contributed by atoms with Crippen LogP contribution in [-0.2, 0) is 20.9 Å². The summed E-state index contributed by atoms with van der Waals surface area (Å²) in [5.74, 6) is -1.18. The molecule has 2 N–H and O–H groups in total. The smallest absolute Gasteiger partial charge is 0.411 e. The van der Waals surface area contributed by atoms with Crippen LogP contribution in [0, 0.1) is 0 Å². The summed E-state index contributed by atoms with van der Waals surface area (Å²) in [7, 11) is 0. The van der Waals surface area contributed by atoms with E-state index in [1.807, 2.05) is 30.3 Å². The number of likely N-dealkylation sites (tertiary alicyclic amines) is 1. The highest BCUT2D eigenvalue weighted by atomic mass is 16.6. The van der Waals surface area contributed by atoms with Gasteiger partial charge in [-0.2, -0.15) is 0 Å². The summed E-state index contributed by atoms with van der Waals surface area (Å²) in [6.07, 6.45) is -0.852. The van der Waals surface area contributed by atoms with Crippen LogP contribution in [0.25, 0.3) is 0 Å². The first kappa shape index (κ1) is 19.2. The van der Waals surface area contributed by atoms with Crippen LogP contribution in [0.15, 0.2) is 30.3 Å². The van der Waals surface area contributed by atoms with Crippen molar-refractivity contribution in [2.24, 2.45) is 0 Å². The van der Waals surface area contributed by atoms with Crippen molar-refractivity contribution in [1.29, 1.82) is 0 Å². The number of nitrogens with zero attached hydrogens (tertiary/aromatic N) is 1. The summed E-state index contributed by atoms with van der Waals surface area (Å²) in [4.78, 5) is 24.8. The minimum Gasteiger partial charge on any atom is -0.480 e. The van der Waals surface area contributed by atoms with Gasteiger partial charge in [0.25, 0.3) is 0 Å². The molecule has 0 aliphatic carbocycles. The zero-order chi connectivity index (χ0) is 18.7. The molecule has 1 fully saturated rings. The fraction of sp³-hybridized carbons (Fsp3) is 0.556. The predicted octanol–water partition coefficient (Wildman–Crippen LogP) is 2.03. The summed E-state index contributed by atoms with van der Waals surface area (Å²) in [6.45, 7) is 5.19. The molecule has 0 radical (unpaired) electrons. The molecular formula is C18H25NO6. The molecule has 2 rings (SSSR count). The van der Waals surface area contributed by atoms with Crippen molar-refractivity contribution in [3.8, 4) is 0 Å². The topological polar surface area (TPSA) is 96.3 Å². The van der Waals surface area contributed by atoms with Gasteiger partial charge in [-0.05, 0) is 26.3 Å². The predicted molar refractivity (Wildman–Crippen MR) is 90.0 cm³/mol. The molecule has 0 aromatic heterocycles. The first-order chi connectivity index (χ1) is 11.6. The molecule has 0 bridgehead atoms. The monoisotopic (exact) mass is 351 g/mol. The van der Waals surface area contributed by atoms with E-state index in [2.05, 4.69) is 0 Å². The molecule has 1 aromatic carbocycles. The molecule has 0 unspecified atom stereocenters. The number of ether oxygens (including phenoxy) is 2. The first-order valence-electron chi connectivity index (χ1n) is 8.16. The Kier molecular flexibility index (Phi) is 5.69. The molecule has 0 spiro atoms. The van der Waals surface area contributed by atoms with Crippen molar-refractivity contribution in [2.45, 2.75) is 51.0 Å². The van der Waals surface area contributed by atoms with Crippen LogP contribution >= 0.6 is 0 Å². The fourth-order valence-electron chi connectivity index (χ4n) is 2.73.